The number of imide groups is 1. The van der Waals surface area contributed by atoms with Crippen LogP contribution in [-0.4, -0.2) is 40.2 Å². The van der Waals surface area contributed by atoms with Crippen LogP contribution in [0.2, 0.25) is 0 Å². The molecule has 1 aliphatic carbocycles. The summed E-state index contributed by atoms with van der Waals surface area (Å²) >= 11 is 1.49. The molecule has 0 aliphatic heterocycles. The molecule has 1 fully saturated rings. The molecule has 2 N–H and O–H groups in total. The maximum absolute atomic E-state index is 12.0. The summed E-state index contributed by atoms with van der Waals surface area (Å²) in [5, 5.41) is 10.7. The molecule has 10 heteroatoms. The zero-order valence-electron chi connectivity index (χ0n) is 15.5. The van der Waals surface area contributed by atoms with Crippen LogP contribution in [0, 0.1) is 0 Å². The monoisotopic (exact) mass is 406 g/mol. The van der Waals surface area contributed by atoms with Crippen molar-refractivity contribution in [3.8, 4) is 10.7 Å². The van der Waals surface area contributed by atoms with Crippen LogP contribution in [0.3, 0.4) is 0 Å². The molecule has 9 nitrogen and oxygen atoms in total. The van der Waals surface area contributed by atoms with Crippen LogP contribution in [0.15, 0.2) is 22.0 Å². The van der Waals surface area contributed by atoms with Crippen LogP contribution in [0.5, 0.6) is 0 Å². The minimum Gasteiger partial charge on any atom is -0.453 e. The molecular formula is C18H22N4O5S. The van der Waals surface area contributed by atoms with E-state index in [1.165, 1.54) is 18.3 Å². The second kappa shape index (κ2) is 9.45. The predicted molar refractivity (Wildman–Crippen MR) is 100 cm³/mol. The van der Waals surface area contributed by atoms with Gasteiger partial charge in [0.15, 0.2) is 6.10 Å². The van der Waals surface area contributed by atoms with E-state index in [1.54, 1.807) is 0 Å². The van der Waals surface area contributed by atoms with Gasteiger partial charge in [0, 0.05) is 12.5 Å². The van der Waals surface area contributed by atoms with Gasteiger partial charge in [0.05, 0.1) is 11.3 Å². The van der Waals surface area contributed by atoms with Crippen molar-refractivity contribution in [2.45, 2.75) is 57.6 Å². The molecule has 2 aromatic heterocycles. The minimum absolute atomic E-state index is 0.0159. The summed E-state index contributed by atoms with van der Waals surface area (Å²) in [6, 6.07) is 3.29. The van der Waals surface area contributed by atoms with Crippen molar-refractivity contribution >= 4 is 29.2 Å². The van der Waals surface area contributed by atoms with E-state index >= 15 is 0 Å². The van der Waals surface area contributed by atoms with Crippen molar-refractivity contribution in [2.75, 3.05) is 0 Å². The number of esters is 1. The summed E-state index contributed by atoms with van der Waals surface area (Å²) in [5.74, 6) is -0.468. The average molecular weight is 406 g/mol. The van der Waals surface area contributed by atoms with Crippen molar-refractivity contribution in [3.05, 3.63) is 23.4 Å². The lowest BCUT2D eigenvalue weighted by molar-refractivity contribution is -0.154. The Morgan fingerprint density at radius 2 is 2.14 bits per heavy atom. The lowest BCUT2D eigenvalue weighted by Crippen LogP contribution is -2.47. The average Bonchev–Trinajstić information content (AvgIpc) is 3.41. The molecule has 150 valence electrons. The number of aryl methyl sites for hydroxylation is 1. The highest BCUT2D eigenvalue weighted by Crippen LogP contribution is 2.21. The number of urea groups is 1. The van der Waals surface area contributed by atoms with Crippen molar-refractivity contribution in [3.63, 3.8) is 0 Å². The Morgan fingerprint density at radius 1 is 1.36 bits per heavy atom. The molecule has 2 aromatic rings. The van der Waals surface area contributed by atoms with Gasteiger partial charge in [0.25, 0.3) is 5.91 Å². The zero-order chi connectivity index (χ0) is 19.9. The molecule has 0 unspecified atom stereocenters. The largest absolute Gasteiger partial charge is 0.453 e. The van der Waals surface area contributed by atoms with Gasteiger partial charge in [-0.05, 0) is 31.2 Å². The normalized spacial score (nSPS) is 15.2. The van der Waals surface area contributed by atoms with E-state index < -0.39 is 24.0 Å². The molecule has 0 radical (unpaired) electrons. The fourth-order valence-corrected chi connectivity index (χ4v) is 3.54. The van der Waals surface area contributed by atoms with Gasteiger partial charge in [-0.25, -0.2) is 4.79 Å². The number of ether oxygens (including phenoxy) is 1. The number of nitrogens with zero attached hydrogens (tertiary/aromatic N) is 2. The summed E-state index contributed by atoms with van der Waals surface area (Å²) in [5.41, 5.74) is 0. The number of thiophene rings is 1. The van der Waals surface area contributed by atoms with Crippen LogP contribution in [-0.2, 0) is 20.7 Å². The van der Waals surface area contributed by atoms with Crippen LogP contribution in [0.1, 0.15) is 44.9 Å². The first-order valence-electron chi connectivity index (χ1n) is 9.18. The van der Waals surface area contributed by atoms with E-state index in [1.807, 2.05) is 17.5 Å². The third kappa shape index (κ3) is 5.62. The SMILES string of the molecule is C[C@H](OC(=O)CCc1nc(-c2cccs2)no1)C(=O)NC(=O)NC1CCCC1. The Kier molecular flexibility index (Phi) is 6.75. The molecule has 0 aromatic carbocycles. The topological polar surface area (TPSA) is 123 Å². The van der Waals surface area contributed by atoms with Crippen LogP contribution >= 0.6 is 11.3 Å². The smallest absolute Gasteiger partial charge is 0.321 e. The molecule has 0 spiro atoms. The molecule has 3 amide bonds. The van der Waals surface area contributed by atoms with Gasteiger partial charge < -0.3 is 14.6 Å². The Labute approximate surface area is 165 Å². The van der Waals surface area contributed by atoms with Crippen molar-refractivity contribution < 1.29 is 23.6 Å². The summed E-state index contributed by atoms with van der Waals surface area (Å²) in [6.45, 7) is 1.41. The molecule has 1 atom stereocenters. The zero-order valence-corrected chi connectivity index (χ0v) is 16.3. The van der Waals surface area contributed by atoms with Crippen molar-refractivity contribution in [2.24, 2.45) is 0 Å². The van der Waals surface area contributed by atoms with Gasteiger partial charge in [-0.3, -0.25) is 14.9 Å². The van der Waals surface area contributed by atoms with E-state index in [0.717, 1.165) is 30.6 Å². The maximum Gasteiger partial charge on any atom is 0.321 e. The first kappa shape index (κ1) is 20.0. The molecular weight excluding hydrogens is 384 g/mol. The summed E-state index contributed by atoms with van der Waals surface area (Å²) in [7, 11) is 0. The van der Waals surface area contributed by atoms with Crippen LogP contribution in [0.4, 0.5) is 4.79 Å². The Hall–Kier alpha value is -2.75. The van der Waals surface area contributed by atoms with E-state index in [2.05, 4.69) is 20.8 Å². The lowest BCUT2D eigenvalue weighted by Gasteiger charge is -2.15. The maximum atomic E-state index is 12.0. The quantitative estimate of drug-likeness (QED) is 0.677. The van der Waals surface area contributed by atoms with Gasteiger partial charge in [-0.15, -0.1) is 11.3 Å². The fourth-order valence-electron chi connectivity index (χ4n) is 2.89. The number of hydrogen-bond acceptors (Lipinski definition) is 8. The number of amides is 3. The highest BCUT2D eigenvalue weighted by atomic mass is 32.1. The minimum atomic E-state index is -1.08. The lowest BCUT2D eigenvalue weighted by atomic mass is 10.2. The standard InChI is InChI=1S/C18H22N4O5S/c1-11(17(24)21-18(25)19-12-5-2-3-6-12)26-15(23)9-8-14-20-16(22-27-14)13-7-4-10-28-13/h4,7,10-12H,2-3,5-6,8-9H2,1H3,(H2,19,21,24,25)/t11-/m0/s1. The third-order valence-corrected chi connectivity index (χ3v) is 5.22. The number of carbonyl (C=O) groups is 3. The second-order valence-corrected chi connectivity index (χ2v) is 7.51. The highest BCUT2D eigenvalue weighted by molar-refractivity contribution is 7.13. The van der Waals surface area contributed by atoms with E-state index in [-0.39, 0.29) is 18.9 Å². The van der Waals surface area contributed by atoms with Crippen molar-refractivity contribution in [1.29, 1.82) is 0 Å². The van der Waals surface area contributed by atoms with Crippen molar-refractivity contribution in [1.82, 2.24) is 20.8 Å². The molecule has 2 heterocycles. The Morgan fingerprint density at radius 3 is 2.86 bits per heavy atom. The first-order valence-corrected chi connectivity index (χ1v) is 10.1. The first-order chi connectivity index (χ1) is 13.5. The fraction of sp³-hybridized carbons (Fsp3) is 0.500. The number of hydrogen-bond donors (Lipinski definition) is 2. The Bertz CT molecular complexity index is 814. The van der Waals surface area contributed by atoms with Crippen LogP contribution in [0.25, 0.3) is 10.7 Å². The van der Waals surface area contributed by atoms with Gasteiger partial charge in [-0.2, -0.15) is 4.98 Å². The predicted octanol–water partition coefficient (Wildman–Crippen LogP) is 2.43. The van der Waals surface area contributed by atoms with Gasteiger partial charge in [-0.1, -0.05) is 24.1 Å². The molecule has 1 saturated carbocycles. The van der Waals surface area contributed by atoms with Gasteiger partial charge in [0.2, 0.25) is 11.7 Å². The molecule has 3 rings (SSSR count). The number of rotatable bonds is 7. The van der Waals surface area contributed by atoms with E-state index in [4.69, 9.17) is 9.26 Å². The summed E-state index contributed by atoms with van der Waals surface area (Å²) < 4.78 is 10.2. The molecule has 0 saturated heterocycles. The number of aromatic nitrogens is 2. The van der Waals surface area contributed by atoms with Crippen LogP contribution < -0.4 is 10.6 Å². The highest BCUT2D eigenvalue weighted by Gasteiger charge is 2.23. The number of nitrogens with one attached hydrogen (secondary N) is 2. The number of carbonyl (C=O) groups excluding carboxylic acids is 3. The van der Waals surface area contributed by atoms with E-state index in [9.17, 15) is 14.4 Å². The van der Waals surface area contributed by atoms with Gasteiger partial charge in [0.1, 0.15) is 0 Å². The van der Waals surface area contributed by atoms with E-state index in [0.29, 0.717) is 11.7 Å². The third-order valence-electron chi connectivity index (χ3n) is 4.36. The molecule has 28 heavy (non-hydrogen) atoms. The summed E-state index contributed by atoms with van der Waals surface area (Å²) in [6.07, 6.45) is 3.08. The molecule has 0 bridgehead atoms. The second-order valence-electron chi connectivity index (χ2n) is 6.57. The molecule has 1 aliphatic rings. The van der Waals surface area contributed by atoms with Gasteiger partial charge >= 0.3 is 12.0 Å². The Balaban J connectivity index is 1.38. The summed E-state index contributed by atoms with van der Waals surface area (Å²) in [4.78, 5) is 40.8.